The summed E-state index contributed by atoms with van der Waals surface area (Å²) in [4.78, 5) is 12.7. The number of fused-ring (bicyclic) bond motifs is 3. The number of nitrogens with one attached hydrogen (secondary N) is 1. The second-order valence-electron chi connectivity index (χ2n) is 8.75. The number of rotatable bonds is 5. The predicted molar refractivity (Wildman–Crippen MR) is 109 cm³/mol. The van der Waals surface area contributed by atoms with Gasteiger partial charge in [-0.05, 0) is 31.7 Å². The lowest BCUT2D eigenvalue weighted by Crippen LogP contribution is -2.33. The first-order valence-corrected chi connectivity index (χ1v) is 11.2. The molecule has 1 amide bonds. The maximum Gasteiger partial charge on any atom is 0.420 e. The molecule has 3 aliphatic rings. The van der Waals surface area contributed by atoms with Gasteiger partial charge in [0.05, 0.1) is 49.8 Å². The fourth-order valence-electron chi connectivity index (χ4n) is 4.71. The van der Waals surface area contributed by atoms with E-state index in [1.54, 1.807) is 10.9 Å². The molecule has 0 aromatic carbocycles. The normalized spacial score (nSPS) is 25.0. The zero-order chi connectivity index (χ0) is 23.2. The van der Waals surface area contributed by atoms with Crippen LogP contribution >= 0.6 is 0 Å². The Bertz CT molecular complexity index is 1030. The summed E-state index contributed by atoms with van der Waals surface area (Å²) >= 11 is 0. The summed E-state index contributed by atoms with van der Waals surface area (Å²) in [6.45, 7) is 3.83. The maximum atomic E-state index is 14.2. The Morgan fingerprint density at radius 2 is 2.09 bits per heavy atom. The summed E-state index contributed by atoms with van der Waals surface area (Å²) in [6, 6.07) is 0. The molecule has 8 nitrogen and oxygen atoms in total. The van der Waals surface area contributed by atoms with Crippen molar-refractivity contribution in [3.8, 4) is 11.3 Å². The topological polar surface area (TPSA) is 87.8 Å². The molecule has 0 radical (unpaired) electrons. The summed E-state index contributed by atoms with van der Waals surface area (Å²) < 4.78 is 66.2. The number of aryl methyl sites for hydroxylation is 2. The van der Waals surface area contributed by atoms with Crippen LogP contribution in [0.4, 0.5) is 13.2 Å². The molecular formula is C22H26F3N3O5. The molecular weight excluding hydrogens is 443 g/mol. The maximum absolute atomic E-state index is 14.2. The van der Waals surface area contributed by atoms with E-state index in [1.165, 1.54) is 0 Å². The summed E-state index contributed by atoms with van der Waals surface area (Å²) in [5.41, 5.74) is -0.319. The lowest BCUT2D eigenvalue weighted by molar-refractivity contribution is -0.137. The fraction of sp³-hybridized carbons (Fsp3) is 0.636. The monoisotopic (exact) mass is 469 g/mol. The highest BCUT2D eigenvalue weighted by molar-refractivity contribution is 5.96. The molecule has 2 saturated heterocycles. The third-order valence-electron chi connectivity index (χ3n) is 6.25. The second-order valence-corrected chi connectivity index (χ2v) is 8.75. The fourth-order valence-corrected chi connectivity index (χ4v) is 4.71. The molecule has 0 unspecified atom stereocenters. The Labute approximate surface area is 188 Å². The number of hydrogen-bond donors (Lipinski definition) is 1. The molecule has 180 valence electrons. The molecule has 0 saturated carbocycles. The number of halogens is 3. The lowest BCUT2D eigenvalue weighted by atomic mass is 9.93. The number of aromatic nitrogens is 2. The first-order valence-electron chi connectivity index (χ1n) is 11.2. The van der Waals surface area contributed by atoms with Gasteiger partial charge < -0.3 is 23.9 Å². The SMILES string of the molecule is C[C@@H]1CC[C@@H](CNC(=O)c2oc3c(c2C(F)(F)F)-c2nn(C[C@H]4COCCO4)cc2CC3)O1. The lowest BCUT2D eigenvalue weighted by Gasteiger charge is -2.22. The van der Waals surface area contributed by atoms with Crippen molar-refractivity contribution in [3.05, 3.63) is 28.8 Å². The summed E-state index contributed by atoms with van der Waals surface area (Å²) in [5, 5.41) is 6.97. The van der Waals surface area contributed by atoms with Gasteiger partial charge in [0, 0.05) is 19.2 Å². The summed E-state index contributed by atoms with van der Waals surface area (Å²) in [7, 11) is 0. The Hall–Kier alpha value is -2.37. The van der Waals surface area contributed by atoms with Crippen LogP contribution in [-0.2, 0) is 39.8 Å². The van der Waals surface area contributed by atoms with Crippen molar-refractivity contribution in [2.45, 2.75) is 63.6 Å². The Balaban J connectivity index is 1.42. The van der Waals surface area contributed by atoms with Gasteiger partial charge in [0.25, 0.3) is 5.91 Å². The molecule has 33 heavy (non-hydrogen) atoms. The molecule has 1 N–H and O–H groups in total. The van der Waals surface area contributed by atoms with Crippen molar-refractivity contribution < 1.29 is 36.6 Å². The minimum absolute atomic E-state index is 0.0765. The number of hydrogen-bond acceptors (Lipinski definition) is 6. The highest BCUT2D eigenvalue weighted by Crippen LogP contribution is 2.46. The van der Waals surface area contributed by atoms with E-state index in [0.717, 1.165) is 12.8 Å². The van der Waals surface area contributed by atoms with E-state index in [1.807, 2.05) is 6.92 Å². The number of carbonyl (C=O) groups excluding carboxylic acids is 1. The molecule has 2 aromatic rings. The quantitative estimate of drug-likeness (QED) is 0.725. The van der Waals surface area contributed by atoms with Crippen LogP contribution in [0.3, 0.4) is 0 Å². The summed E-state index contributed by atoms with van der Waals surface area (Å²) in [5.74, 6) is -1.48. The van der Waals surface area contributed by atoms with E-state index in [-0.39, 0.29) is 48.3 Å². The van der Waals surface area contributed by atoms with Crippen molar-refractivity contribution in [2.75, 3.05) is 26.4 Å². The third-order valence-corrected chi connectivity index (χ3v) is 6.25. The van der Waals surface area contributed by atoms with Crippen LogP contribution in [0.15, 0.2) is 10.6 Å². The minimum atomic E-state index is -4.78. The average Bonchev–Trinajstić information content (AvgIpc) is 3.47. The molecule has 2 aromatic heterocycles. The standard InChI is InChI=1S/C22H26F3N3O5/c1-12-2-4-14(32-12)8-26-21(29)20-18(22(23,24)25)17-16(33-20)5-3-13-9-28(27-19(13)17)10-15-11-30-6-7-31-15/h9,12,14-15H,2-8,10-11H2,1H3,(H,26,29)/t12-,14+,15+/m1/s1. The van der Waals surface area contributed by atoms with Crippen molar-refractivity contribution in [1.82, 2.24) is 15.1 Å². The van der Waals surface area contributed by atoms with Crippen molar-refractivity contribution in [1.29, 1.82) is 0 Å². The van der Waals surface area contributed by atoms with Crippen molar-refractivity contribution in [3.63, 3.8) is 0 Å². The van der Waals surface area contributed by atoms with Gasteiger partial charge >= 0.3 is 6.18 Å². The van der Waals surface area contributed by atoms with Gasteiger partial charge in [-0.2, -0.15) is 18.3 Å². The number of alkyl halides is 3. The largest absolute Gasteiger partial charge is 0.455 e. The highest BCUT2D eigenvalue weighted by Gasteiger charge is 2.45. The summed E-state index contributed by atoms with van der Waals surface area (Å²) in [6.07, 6.45) is -1.05. The van der Waals surface area contributed by atoms with E-state index in [2.05, 4.69) is 10.4 Å². The van der Waals surface area contributed by atoms with E-state index >= 15 is 0 Å². The first-order chi connectivity index (χ1) is 15.8. The number of carbonyl (C=O) groups is 1. The van der Waals surface area contributed by atoms with Crippen LogP contribution in [0.5, 0.6) is 0 Å². The van der Waals surface area contributed by atoms with Crippen LogP contribution in [0.2, 0.25) is 0 Å². The van der Waals surface area contributed by atoms with Crippen LogP contribution < -0.4 is 5.32 Å². The van der Waals surface area contributed by atoms with E-state index in [4.69, 9.17) is 18.6 Å². The number of ether oxygens (including phenoxy) is 3. The number of nitrogens with zero attached hydrogens (tertiary/aromatic N) is 2. The van der Waals surface area contributed by atoms with E-state index in [9.17, 15) is 18.0 Å². The Morgan fingerprint density at radius 1 is 1.24 bits per heavy atom. The molecule has 2 aliphatic heterocycles. The van der Waals surface area contributed by atoms with Crippen LogP contribution in [0, 0.1) is 0 Å². The van der Waals surface area contributed by atoms with Crippen molar-refractivity contribution >= 4 is 5.91 Å². The Morgan fingerprint density at radius 3 is 2.79 bits per heavy atom. The number of furan rings is 1. The molecule has 11 heteroatoms. The van der Waals surface area contributed by atoms with Gasteiger partial charge in [-0.3, -0.25) is 9.48 Å². The first kappa shape index (κ1) is 22.4. The molecule has 1 aliphatic carbocycles. The minimum Gasteiger partial charge on any atom is -0.455 e. The van der Waals surface area contributed by atoms with E-state index in [0.29, 0.717) is 38.3 Å². The van der Waals surface area contributed by atoms with Gasteiger partial charge in [0.15, 0.2) is 0 Å². The van der Waals surface area contributed by atoms with Gasteiger partial charge in [-0.1, -0.05) is 0 Å². The molecule has 3 atom stereocenters. The predicted octanol–water partition coefficient (Wildman–Crippen LogP) is 2.97. The van der Waals surface area contributed by atoms with Crippen molar-refractivity contribution in [2.24, 2.45) is 0 Å². The molecule has 4 heterocycles. The molecule has 5 rings (SSSR count). The van der Waals surface area contributed by atoms with Crippen LogP contribution in [-0.4, -0.2) is 60.4 Å². The van der Waals surface area contributed by atoms with Crippen LogP contribution in [0.25, 0.3) is 11.3 Å². The van der Waals surface area contributed by atoms with Gasteiger partial charge in [0.2, 0.25) is 5.76 Å². The number of amides is 1. The van der Waals surface area contributed by atoms with Gasteiger partial charge in [0.1, 0.15) is 17.4 Å². The molecule has 0 bridgehead atoms. The smallest absolute Gasteiger partial charge is 0.420 e. The highest BCUT2D eigenvalue weighted by atomic mass is 19.4. The molecule has 2 fully saturated rings. The molecule has 0 spiro atoms. The van der Waals surface area contributed by atoms with Gasteiger partial charge in [-0.25, -0.2) is 0 Å². The van der Waals surface area contributed by atoms with E-state index < -0.39 is 23.4 Å². The van der Waals surface area contributed by atoms with Gasteiger partial charge in [-0.15, -0.1) is 0 Å². The zero-order valence-corrected chi connectivity index (χ0v) is 18.2. The second kappa shape index (κ2) is 8.77. The Kier molecular flexibility index (Phi) is 5.96. The zero-order valence-electron chi connectivity index (χ0n) is 18.2. The van der Waals surface area contributed by atoms with Crippen LogP contribution in [0.1, 0.15) is 47.2 Å². The third kappa shape index (κ3) is 4.53. The average molecular weight is 469 g/mol.